The van der Waals surface area contributed by atoms with Gasteiger partial charge in [-0.1, -0.05) is 61.1 Å². The highest BCUT2D eigenvalue weighted by molar-refractivity contribution is 5.92. The van der Waals surface area contributed by atoms with Crippen molar-refractivity contribution >= 4 is 11.8 Å². The minimum atomic E-state index is -0.883. The van der Waals surface area contributed by atoms with Crippen LogP contribution in [0.2, 0.25) is 0 Å². The normalized spacial score (nSPS) is 29.4. The second-order valence-electron chi connectivity index (χ2n) is 13.0. The molecular formula is C36H50O7. The summed E-state index contributed by atoms with van der Waals surface area (Å²) in [7, 11) is 0. The SMILES string of the molecule is CC(=O)OC1OCC(=O)C=C1C[C@@H]1OC(C)(C)O[C@H]2CC[C@@H]([C@@H](C)CCC=C(C)C)[C@H](/C=C/COCc3ccccc3)[C@H]21. The Morgan fingerprint density at radius 1 is 1.12 bits per heavy atom. The first-order valence-electron chi connectivity index (χ1n) is 15.8. The zero-order valence-electron chi connectivity index (χ0n) is 26.8. The van der Waals surface area contributed by atoms with Crippen LogP contribution in [0, 0.1) is 23.7 Å². The number of hydrogen-bond acceptors (Lipinski definition) is 7. The van der Waals surface area contributed by atoms with Gasteiger partial charge in [-0.25, -0.2) is 0 Å². The summed E-state index contributed by atoms with van der Waals surface area (Å²) in [6.07, 6.45) is 11.8. The maximum absolute atomic E-state index is 12.4. The largest absolute Gasteiger partial charge is 0.432 e. The summed E-state index contributed by atoms with van der Waals surface area (Å²) in [5.74, 6) is -0.181. The highest BCUT2D eigenvalue weighted by atomic mass is 16.7. The van der Waals surface area contributed by atoms with E-state index in [2.05, 4.69) is 51.1 Å². The van der Waals surface area contributed by atoms with E-state index in [1.54, 1.807) is 6.08 Å². The highest BCUT2D eigenvalue weighted by Crippen LogP contribution is 2.50. The number of carbonyl (C=O) groups is 2. The Balaban J connectivity index is 1.59. The fraction of sp³-hybridized carbons (Fsp3) is 0.611. The van der Waals surface area contributed by atoms with Gasteiger partial charge in [-0.15, -0.1) is 0 Å². The predicted molar refractivity (Wildman–Crippen MR) is 166 cm³/mol. The maximum atomic E-state index is 12.4. The predicted octanol–water partition coefficient (Wildman–Crippen LogP) is 7.11. The lowest BCUT2D eigenvalue weighted by molar-refractivity contribution is -0.335. The minimum Gasteiger partial charge on any atom is -0.432 e. The van der Waals surface area contributed by atoms with E-state index in [0.717, 1.165) is 31.2 Å². The van der Waals surface area contributed by atoms with Crippen LogP contribution >= 0.6 is 0 Å². The third-order valence-corrected chi connectivity index (χ3v) is 8.78. The van der Waals surface area contributed by atoms with Crippen molar-refractivity contribution in [2.24, 2.45) is 23.7 Å². The molecule has 2 fully saturated rings. The molecule has 0 spiro atoms. The van der Waals surface area contributed by atoms with Crippen LogP contribution in [0.4, 0.5) is 0 Å². The van der Waals surface area contributed by atoms with Crippen LogP contribution < -0.4 is 0 Å². The molecule has 7 heteroatoms. The van der Waals surface area contributed by atoms with Crippen LogP contribution in [-0.2, 0) is 39.9 Å². The van der Waals surface area contributed by atoms with Crippen molar-refractivity contribution in [2.45, 2.75) is 105 Å². The fourth-order valence-corrected chi connectivity index (χ4v) is 6.96. The quantitative estimate of drug-likeness (QED) is 0.145. The van der Waals surface area contributed by atoms with Crippen LogP contribution in [0.1, 0.15) is 79.2 Å². The van der Waals surface area contributed by atoms with Crippen molar-refractivity contribution < 1.29 is 33.3 Å². The molecule has 4 rings (SSSR count). The van der Waals surface area contributed by atoms with Crippen LogP contribution in [0.5, 0.6) is 0 Å². The summed E-state index contributed by atoms with van der Waals surface area (Å²) in [5, 5.41) is 0. The number of benzene rings is 1. The van der Waals surface area contributed by atoms with Gasteiger partial charge in [-0.05, 0) is 82.8 Å². The molecule has 1 aromatic carbocycles. The molecule has 1 aromatic rings. The molecule has 7 nitrogen and oxygen atoms in total. The first-order chi connectivity index (χ1) is 20.5. The van der Waals surface area contributed by atoms with E-state index in [0.29, 0.717) is 37.0 Å². The van der Waals surface area contributed by atoms with Gasteiger partial charge in [0.2, 0.25) is 6.29 Å². The Morgan fingerprint density at radius 3 is 2.60 bits per heavy atom. The minimum absolute atomic E-state index is 0.00264. The van der Waals surface area contributed by atoms with Crippen molar-refractivity contribution in [1.29, 1.82) is 0 Å². The molecule has 2 aliphatic heterocycles. The van der Waals surface area contributed by atoms with E-state index in [1.165, 1.54) is 12.5 Å². The van der Waals surface area contributed by atoms with E-state index < -0.39 is 18.0 Å². The first-order valence-corrected chi connectivity index (χ1v) is 15.8. The Morgan fingerprint density at radius 2 is 1.88 bits per heavy atom. The van der Waals surface area contributed by atoms with Gasteiger partial charge in [-0.3, -0.25) is 9.59 Å². The molecule has 1 saturated carbocycles. The van der Waals surface area contributed by atoms with Crippen LogP contribution in [0.25, 0.3) is 0 Å². The van der Waals surface area contributed by atoms with Crippen LogP contribution in [0.3, 0.4) is 0 Å². The highest BCUT2D eigenvalue weighted by Gasteiger charge is 2.51. The third kappa shape index (κ3) is 9.70. The number of hydrogen-bond donors (Lipinski definition) is 0. The molecule has 236 valence electrons. The average Bonchev–Trinajstić information content (AvgIpc) is 2.93. The van der Waals surface area contributed by atoms with Crippen molar-refractivity contribution in [3.05, 3.63) is 71.3 Å². The number of esters is 1. The summed E-state index contributed by atoms with van der Waals surface area (Å²) in [5.41, 5.74) is 3.13. The lowest BCUT2D eigenvalue weighted by Crippen LogP contribution is -2.57. The Kier molecular flexibility index (Phi) is 12.0. The molecule has 43 heavy (non-hydrogen) atoms. The molecule has 1 saturated heterocycles. The fourth-order valence-electron chi connectivity index (χ4n) is 6.96. The van der Waals surface area contributed by atoms with Crippen LogP contribution in [-0.4, -0.2) is 49.3 Å². The van der Waals surface area contributed by atoms with E-state index in [-0.39, 0.29) is 36.4 Å². The number of carbonyl (C=O) groups excluding carboxylic acids is 2. The summed E-state index contributed by atoms with van der Waals surface area (Å²) in [4.78, 5) is 24.2. The molecule has 1 unspecified atom stereocenters. The van der Waals surface area contributed by atoms with Crippen LogP contribution in [0.15, 0.2) is 65.8 Å². The van der Waals surface area contributed by atoms with E-state index in [4.69, 9.17) is 23.7 Å². The smallest absolute Gasteiger partial charge is 0.305 e. The molecular weight excluding hydrogens is 544 g/mol. The molecule has 7 atom stereocenters. The zero-order chi connectivity index (χ0) is 31.0. The lowest BCUT2D eigenvalue weighted by Gasteiger charge is -2.54. The Hall–Kier alpha value is -2.58. The summed E-state index contributed by atoms with van der Waals surface area (Å²) in [6, 6.07) is 10.2. The topological polar surface area (TPSA) is 80.3 Å². The third-order valence-electron chi connectivity index (χ3n) is 8.78. The zero-order valence-corrected chi connectivity index (χ0v) is 26.8. The molecule has 0 radical (unpaired) electrons. The number of ether oxygens (including phenoxy) is 5. The second-order valence-corrected chi connectivity index (χ2v) is 13.0. The van der Waals surface area contributed by atoms with E-state index in [1.807, 2.05) is 32.0 Å². The van der Waals surface area contributed by atoms with Gasteiger partial charge in [0.15, 0.2) is 11.6 Å². The summed E-state index contributed by atoms with van der Waals surface area (Å²) >= 11 is 0. The van der Waals surface area contributed by atoms with Crippen molar-refractivity contribution in [3.8, 4) is 0 Å². The van der Waals surface area contributed by atoms with Gasteiger partial charge in [-0.2, -0.15) is 0 Å². The molecule has 0 amide bonds. The van der Waals surface area contributed by atoms with Gasteiger partial charge < -0.3 is 23.7 Å². The Bertz CT molecular complexity index is 1160. The number of fused-ring (bicyclic) bond motifs is 1. The van der Waals surface area contributed by atoms with Crippen molar-refractivity contribution in [3.63, 3.8) is 0 Å². The molecule has 0 bridgehead atoms. The number of allylic oxidation sites excluding steroid dienone is 3. The summed E-state index contributed by atoms with van der Waals surface area (Å²) in [6.45, 7) is 12.9. The van der Waals surface area contributed by atoms with Crippen molar-refractivity contribution in [1.82, 2.24) is 0 Å². The van der Waals surface area contributed by atoms with E-state index in [9.17, 15) is 9.59 Å². The molecule has 2 heterocycles. The monoisotopic (exact) mass is 594 g/mol. The molecule has 3 aliphatic rings. The standard InChI is InChI=1S/C36H50O7/c1-24(2)12-10-13-25(3)30-17-18-32-34(31(30)16-11-19-39-22-27-14-8-7-9-15-27)33(43-36(5,6)42-32)21-28-20-29(38)23-40-35(28)41-26(4)37/h7-9,11-12,14-16,20,25,30-35H,10,13,17-19,21-23H2,1-6H3/b16-11+/t25-,30-,31-,32-,33-,34+,35?/m0/s1. The Labute approximate surface area is 257 Å². The second kappa shape index (κ2) is 15.4. The molecule has 0 N–H and O–H groups in total. The van der Waals surface area contributed by atoms with Gasteiger partial charge in [0.25, 0.3) is 0 Å². The molecule has 0 aromatic heterocycles. The van der Waals surface area contributed by atoms with Gasteiger partial charge >= 0.3 is 5.97 Å². The summed E-state index contributed by atoms with van der Waals surface area (Å²) < 4.78 is 30.3. The number of rotatable bonds is 12. The maximum Gasteiger partial charge on any atom is 0.305 e. The lowest BCUT2D eigenvalue weighted by atomic mass is 9.62. The number of ketones is 1. The van der Waals surface area contributed by atoms with Gasteiger partial charge in [0, 0.05) is 24.8 Å². The van der Waals surface area contributed by atoms with Gasteiger partial charge in [0.1, 0.15) is 6.61 Å². The first kappa shape index (κ1) is 33.3. The van der Waals surface area contributed by atoms with Crippen molar-refractivity contribution in [2.75, 3.05) is 13.2 Å². The van der Waals surface area contributed by atoms with E-state index >= 15 is 0 Å². The molecule has 1 aliphatic carbocycles. The van der Waals surface area contributed by atoms with Gasteiger partial charge in [0.05, 0.1) is 25.4 Å². The average molecular weight is 595 g/mol.